The molecule has 0 saturated carbocycles. The molecular weight excluding hydrogens is 661 g/mol. The van der Waals surface area contributed by atoms with Crippen LogP contribution in [0.2, 0.25) is 0 Å². The van der Waals surface area contributed by atoms with Gasteiger partial charge in [-0.05, 0) is 80.6 Å². The predicted molar refractivity (Wildman–Crippen MR) is 225 cm³/mol. The van der Waals surface area contributed by atoms with E-state index in [2.05, 4.69) is 182 Å². The highest BCUT2D eigenvalue weighted by Gasteiger charge is 2.16. The van der Waals surface area contributed by atoms with Gasteiger partial charge in [0.1, 0.15) is 0 Å². The summed E-state index contributed by atoms with van der Waals surface area (Å²) in [7, 11) is 0. The monoisotopic (exact) mass is 692 g/mol. The van der Waals surface area contributed by atoms with Gasteiger partial charge in [0, 0.05) is 36.9 Å². The van der Waals surface area contributed by atoms with Gasteiger partial charge in [0.25, 0.3) is 0 Å². The molecule has 0 saturated heterocycles. The zero-order valence-corrected chi connectivity index (χ0v) is 29.6. The van der Waals surface area contributed by atoms with Crippen LogP contribution in [0.1, 0.15) is 0 Å². The minimum atomic E-state index is 0.710. The summed E-state index contributed by atoms with van der Waals surface area (Å²) >= 11 is 1.85. The number of rotatable bonds is 6. The largest absolute Gasteiger partial charge is 0.228 e. The van der Waals surface area contributed by atoms with E-state index >= 15 is 0 Å². The Morgan fingerprint density at radius 3 is 1.53 bits per heavy atom. The van der Waals surface area contributed by atoms with Crippen molar-refractivity contribution in [3.05, 3.63) is 194 Å². The lowest BCUT2D eigenvalue weighted by atomic mass is 9.92. The molecular formula is C50H32N2S. The quantitative estimate of drug-likeness (QED) is 0.173. The fourth-order valence-electron chi connectivity index (χ4n) is 7.45. The lowest BCUT2D eigenvalue weighted by Gasteiger charge is -2.14. The van der Waals surface area contributed by atoms with Crippen LogP contribution in [-0.2, 0) is 0 Å². The highest BCUT2D eigenvalue weighted by molar-refractivity contribution is 7.25. The fourth-order valence-corrected chi connectivity index (χ4v) is 8.54. The zero-order valence-electron chi connectivity index (χ0n) is 28.8. The summed E-state index contributed by atoms with van der Waals surface area (Å²) in [5.41, 5.74) is 12.1. The molecule has 0 unspecified atom stereocenters. The molecule has 0 radical (unpaired) electrons. The van der Waals surface area contributed by atoms with Crippen molar-refractivity contribution >= 4 is 42.3 Å². The van der Waals surface area contributed by atoms with Crippen LogP contribution in [0, 0.1) is 0 Å². The van der Waals surface area contributed by atoms with Gasteiger partial charge >= 0.3 is 0 Å². The molecule has 10 rings (SSSR count). The van der Waals surface area contributed by atoms with Crippen molar-refractivity contribution < 1.29 is 0 Å². The Morgan fingerprint density at radius 1 is 0.283 bits per heavy atom. The highest BCUT2D eigenvalue weighted by Crippen LogP contribution is 2.40. The van der Waals surface area contributed by atoms with Crippen LogP contribution in [0.25, 0.3) is 98.2 Å². The van der Waals surface area contributed by atoms with Crippen LogP contribution >= 0.6 is 11.3 Å². The summed E-state index contributed by atoms with van der Waals surface area (Å²) in [6.07, 6.45) is 0. The smallest absolute Gasteiger partial charge is 0.161 e. The van der Waals surface area contributed by atoms with E-state index in [0.29, 0.717) is 5.82 Å². The fraction of sp³-hybridized carbons (Fsp3) is 0. The summed E-state index contributed by atoms with van der Waals surface area (Å²) in [4.78, 5) is 10.4. The van der Waals surface area contributed by atoms with Crippen LogP contribution in [0.15, 0.2) is 194 Å². The summed E-state index contributed by atoms with van der Waals surface area (Å²) in [5.74, 6) is 0.710. The second-order valence-electron chi connectivity index (χ2n) is 13.4. The van der Waals surface area contributed by atoms with Gasteiger partial charge in [0.05, 0.1) is 11.4 Å². The Kier molecular flexibility index (Phi) is 7.71. The summed E-state index contributed by atoms with van der Waals surface area (Å²) < 4.78 is 2.64. The van der Waals surface area contributed by atoms with Crippen LogP contribution in [0.5, 0.6) is 0 Å². The van der Waals surface area contributed by atoms with Gasteiger partial charge in [-0.2, -0.15) is 0 Å². The maximum atomic E-state index is 5.24. The molecule has 2 nitrogen and oxygen atoms in total. The second-order valence-corrected chi connectivity index (χ2v) is 14.5. The van der Waals surface area contributed by atoms with Crippen molar-refractivity contribution in [2.75, 3.05) is 0 Å². The van der Waals surface area contributed by atoms with E-state index in [1.54, 1.807) is 0 Å². The van der Waals surface area contributed by atoms with Crippen LogP contribution in [0.3, 0.4) is 0 Å². The van der Waals surface area contributed by atoms with Gasteiger partial charge < -0.3 is 0 Å². The molecule has 3 heteroatoms. The third kappa shape index (κ3) is 5.78. The van der Waals surface area contributed by atoms with E-state index in [-0.39, 0.29) is 0 Å². The van der Waals surface area contributed by atoms with E-state index in [1.807, 2.05) is 23.5 Å². The molecule has 0 aliphatic carbocycles. The zero-order chi connectivity index (χ0) is 35.1. The molecule has 0 atom stereocenters. The van der Waals surface area contributed by atoms with E-state index in [4.69, 9.17) is 9.97 Å². The minimum absolute atomic E-state index is 0.710. The number of benzene rings is 8. The van der Waals surface area contributed by atoms with Gasteiger partial charge in [-0.3, -0.25) is 0 Å². The highest BCUT2D eigenvalue weighted by atomic mass is 32.1. The number of hydrogen-bond donors (Lipinski definition) is 0. The Balaban J connectivity index is 1.08. The standard InChI is InChI=1S/C50H32N2S/c1-3-12-33(13-4-1)34-22-24-36(25-23-34)47-32-46(35-14-5-2-6-15-35)51-50(52-47)44-28-27-40(41-18-7-8-19-42(41)44)39-17-11-16-37(30-39)38-26-29-49-45(31-38)43-20-9-10-21-48(43)53-49/h1-32H. The summed E-state index contributed by atoms with van der Waals surface area (Å²) in [6, 6.07) is 69.2. The maximum absolute atomic E-state index is 5.24. The van der Waals surface area contributed by atoms with E-state index in [9.17, 15) is 0 Å². The van der Waals surface area contributed by atoms with Crippen molar-refractivity contribution in [3.8, 4) is 67.3 Å². The van der Waals surface area contributed by atoms with Crippen molar-refractivity contribution in [1.29, 1.82) is 0 Å². The third-order valence-electron chi connectivity index (χ3n) is 10.1. The van der Waals surface area contributed by atoms with Gasteiger partial charge in [-0.25, -0.2) is 9.97 Å². The number of thiophene rings is 1. The molecule has 0 bridgehead atoms. The van der Waals surface area contributed by atoms with Crippen molar-refractivity contribution in [2.24, 2.45) is 0 Å². The van der Waals surface area contributed by atoms with E-state index < -0.39 is 0 Å². The Hall–Kier alpha value is -6.68. The molecule has 248 valence electrons. The first-order valence-corrected chi connectivity index (χ1v) is 18.7. The summed E-state index contributed by atoms with van der Waals surface area (Å²) in [6.45, 7) is 0. The van der Waals surface area contributed by atoms with Crippen molar-refractivity contribution in [2.45, 2.75) is 0 Å². The Morgan fingerprint density at radius 2 is 0.774 bits per heavy atom. The first-order chi connectivity index (χ1) is 26.2. The molecule has 8 aromatic carbocycles. The molecule has 0 aliphatic rings. The van der Waals surface area contributed by atoms with Gasteiger partial charge in [-0.1, -0.05) is 158 Å². The number of aromatic nitrogens is 2. The first kappa shape index (κ1) is 31.1. The van der Waals surface area contributed by atoms with Crippen LogP contribution < -0.4 is 0 Å². The SMILES string of the molecule is c1ccc(-c2ccc(-c3cc(-c4ccccc4)nc(-c4ccc(-c5cccc(-c6ccc7sc8ccccc8c7c6)c5)c5ccccc45)n3)cc2)cc1. The molecule has 0 amide bonds. The molecule has 2 heterocycles. The van der Waals surface area contributed by atoms with Crippen molar-refractivity contribution in [1.82, 2.24) is 9.97 Å². The number of nitrogens with zero attached hydrogens (tertiary/aromatic N) is 2. The molecule has 53 heavy (non-hydrogen) atoms. The number of hydrogen-bond acceptors (Lipinski definition) is 3. The second kappa shape index (κ2) is 13.1. The third-order valence-corrected chi connectivity index (χ3v) is 11.3. The predicted octanol–water partition coefficient (Wildman–Crippen LogP) is 14.0. The maximum Gasteiger partial charge on any atom is 0.161 e. The number of fused-ring (bicyclic) bond motifs is 4. The van der Waals surface area contributed by atoms with E-state index in [1.165, 1.54) is 58.9 Å². The van der Waals surface area contributed by atoms with Gasteiger partial charge in [-0.15, -0.1) is 11.3 Å². The van der Waals surface area contributed by atoms with E-state index in [0.717, 1.165) is 33.5 Å². The Labute approximate surface area is 312 Å². The van der Waals surface area contributed by atoms with Gasteiger partial charge in [0.2, 0.25) is 0 Å². The molecule has 0 spiro atoms. The molecule has 2 aromatic heterocycles. The normalized spacial score (nSPS) is 11.4. The average Bonchev–Trinajstić information content (AvgIpc) is 3.62. The lowest BCUT2D eigenvalue weighted by Crippen LogP contribution is -1.97. The lowest BCUT2D eigenvalue weighted by molar-refractivity contribution is 1.19. The molecule has 10 aromatic rings. The first-order valence-electron chi connectivity index (χ1n) is 17.9. The molecule has 0 N–H and O–H groups in total. The topological polar surface area (TPSA) is 25.8 Å². The molecule has 0 aliphatic heterocycles. The van der Waals surface area contributed by atoms with Crippen molar-refractivity contribution in [3.63, 3.8) is 0 Å². The molecule has 0 fully saturated rings. The Bertz CT molecular complexity index is 2930. The van der Waals surface area contributed by atoms with Crippen LogP contribution in [0.4, 0.5) is 0 Å². The van der Waals surface area contributed by atoms with Gasteiger partial charge in [0.15, 0.2) is 5.82 Å². The van der Waals surface area contributed by atoms with Crippen LogP contribution in [-0.4, -0.2) is 9.97 Å². The average molecular weight is 693 g/mol. The minimum Gasteiger partial charge on any atom is -0.228 e. The summed E-state index contributed by atoms with van der Waals surface area (Å²) in [5, 5.41) is 4.92.